The van der Waals surface area contributed by atoms with E-state index in [4.69, 9.17) is 4.74 Å². The molecular weight excluding hydrogens is 232 g/mol. The zero-order valence-electron chi connectivity index (χ0n) is 10.9. The van der Waals surface area contributed by atoms with Gasteiger partial charge in [-0.1, -0.05) is 26.3 Å². The third kappa shape index (κ3) is 4.33. The minimum atomic E-state index is -0.392. The molecule has 0 aliphatic heterocycles. The molecular formula is C13H20N2O3. The Bertz CT molecular complexity index is 394. The first-order valence-corrected chi connectivity index (χ1v) is 6.29. The third-order valence-corrected chi connectivity index (χ3v) is 2.55. The molecule has 1 aromatic rings. The molecule has 18 heavy (non-hydrogen) atoms. The van der Waals surface area contributed by atoms with E-state index in [0.29, 0.717) is 18.9 Å². The summed E-state index contributed by atoms with van der Waals surface area (Å²) < 4.78 is 5.44. The molecule has 0 saturated carbocycles. The van der Waals surface area contributed by atoms with Gasteiger partial charge < -0.3 is 10.1 Å². The van der Waals surface area contributed by atoms with E-state index in [1.165, 1.54) is 0 Å². The molecule has 5 heteroatoms. The van der Waals surface area contributed by atoms with Gasteiger partial charge in [-0.3, -0.25) is 10.1 Å². The summed E-state index contributed by atoms with van der Waals surface area (Å²) in [6, 6.07) is 5.11. The van der Waals surface area contributed by atoms with Gasteiger partial charge in [0.25, 0.3) is 0 Å². The van der Waals surface area contributed by atoms with Crippen molar-refractivity contribution in [2.45, 2.75) is 33.2 Å². The molecule has 0 amide bonds. The van der Waals surface area contributed by atoms with Crippen molar-refractivity contribution in [3.05, 3.63) is 33.9 Å². The van der Waals surface area contributed by atoms with E-state index < -0.39 is 4.92 Å². The van der Waals surface area contributed by atoms with E-state index in [9.17, 15) is 10.1 Å². The Morgan fingerprint density at radius 3 is 2.78 bits per heavy atom. The van der Waals surface area contributed by atoms with Gasteiger partial charge in [-0.2, -0.15) is 0 Å². The Hall–Kier alpha value is -1.62. The summed E-state index contributed by atoms with van der Waals surface area (Å²) in [4.78, 5) is 10.6. The lowest BCUT2D eigenvalue weighted by molar-refractivity contribution is -0.385. The quantitative estimate of drug-likeness (QED) is 0.439. The Morgan fingerprint density at radius 1 is 1.39 bits per heavy atom. The van der Waals surface area contributed by atoms with Crippen LogP contribution in [0.4, 0.5) is 5.69 Å². The maximum absolute atomic E-state index is 11.0. The molecule has 5 nitrogen and oxygen atoms in total. The number of nitro benzene ring substituents is 1. The molecule has 0 saturated heterocycles. The van der Waals surface area contributed by atoms with E-state index in [1.54, 1.807) is 12.1 Å². The number of nitrogens with one attached hydrogen (secondary N) is 1. The lowest BCUT2D eigenvalue weighted by Gasteiger charge is -2.08. The topological polar surface area (TPSA) is 64.4 Å². The second-order valence-corrected chi connectivity index (χ2v) is 4.04. The van der Waals surface area contributed by atoms with E-state index in [0.717, 1.165) is 24.9 Å². The fourth-order valence-electron chi connectivity index (χ4n) is 1.53. The Morgan fingerprint density at radius 2 is 2.17 bits per heavy atom. The zero-order chi connectivity index (χ0) is 13.4. The fraction of sp³-hybridized carbons (Fsp3) is 0.538. The lowest BCUT2D eigenvalue weighted by atomic mass is 10.2. The molecule has 0 heterocycles. The number of nitro groups is 1. The van der Waals surface area contributed by atoms with Crippen LogP contribution in [0.5, 0.6) is 5.75 Å². The van der Waals surface area contributed by atoms with E-state index in [2.05, 4.69) is 12.2 Å². The molecule has 0 radical (unpaired) electrons. The number of nitrogens with zero attached hydrogens (tertiary/aromatic N) is 1. The van der Waals surface area contributed by atoms with Gasteiger partial charge in [0.2, 0.25) is 0 Å². The molecule has 0 aromatic heterocycles. The Kier molecular flexibility index (Phi) is 6.14. The molecule has 0 aliphatic rings. The summed E-state index contributed by atoms with van der Waals surface area (Å²) in [6.45, 7) is 6.03. The molecule has 0 fully saturated rings. The van der Waals surface area contributed by atoms with Crippen LogP contribution in [-0.2, 0) is 6.54 Å². The van der Waals surface area contributed by atoms with Crippen LogP contribution in [0.25, 0.3) is 0 Å². The van der Waals surface area contributed by atoms with Gasteiger partial charge in [0.1, 0.15) is 0 Å². The van der Waals surface area contributed by atoms with Crippen molar-refractivity contribution in [2.75, 3.05) is 13.2 Å². The minimum Gasteiger partial charge on any atom is -0.487 e. The molecule has 100 valence electrons. The number of ether oxygens (including phenoxy) is 1. The molecule has 1 aromatic carbocycles. The largest absolute Gasteiger partial charge is 0.487 e. The van der Waals surface area contributed by atoms with Gasteiger partial charge in [-0.15, -0.1) is 0 Å². The van der Waals surface area contributed by atoms with Gasteiger partial charge in [0.15, 0.2) is 5.75 Å². The fourth-order valence-corrected chi connectivity index (χ4v) is 1.53. The molecule has 1 N–H and O–H groups in total. The monoisotopic (exact) mass is 252 g/mol. The molecule has 1 rings (SSSR count). The summed E-state index contributed by atoms with van der Waals surface area (Å²) in [6.07, 6.45) is 1.91. The normalized spacial score (nSPS) is 10.3. The van der Waals surface area contributed by atoms with Gasteiger partial charge in [0, 0.05) is 12.6 Å². The summed E-state index contributed by atoms with van der Waals surface area (Å²) in [7, 11) is 0. The average Bonchev–Trinajstić information content (AvgIpc) is 2.37. The molecule has 0 unspecified atom stereocenters. The number of rotatable bonds is 8. The van der Waals surface area contributed by atoms with Crippen molar-refractivity contribution in [3.63, 3.8) is 0 Å². The smallest absolute Gasteiger partial charge is 0.311 e. The van der Waals surface area contributed by atoms with Crippen LogP contribution in [0.3, 0.4) is 0 Å². The second-order valence-electron chi connectivity index (χ2n) is 4.04. The number of hydrogen-bond donors (Lipinski definition) is 1. The molecule has 0 spiro atoms. The van der Waals surface area contributed by atoms with Crippen LogP contribution < -0.4 is 10.1 Å². The highest BCUT2D eigenvalue weighted by Crippen LogP contribution is 2.28. The lowest BCUT2D eigenvalue weighted by Crippen LogP contribution is -2.12. The number of hydrogen-bond acceptors (Lipinski definition) is 4. The van der Waals surface area contributed by atoms with Crippen LogP contribution in [0.2, 0.25) is 0 Å². The van der Waals surface area contributed by atoms with Crippen molar-refractivity contribution in [1.29, 1.82) is 0 Å². The van der Waals surface area contributed by atoms with Gasteiger partial charge in [-0.25, -0.2) is 0 Å². The zero-order valence-corrected chi connectivity index (χ0v) is 10.9. The molecule has 0 atom stereocenters. The highest BCUT2D eigenvalue weighted by Gasteiger charge is 2.15. The SMILES string of the molecule is CCCCOc1ccc(CNCC)cc1[N+](=O)[O-]. The maximum atomic E-state index is 11.0. The summed E-state index contributed by atoms with van der Waals surface area (Å²) in [5.74, 6) is 0.355. The summed E-state index contributed by atoms with van der Waals surface area (Å²) >= 11 is 0. The third-order valence-electron chi connectivity index (χ3n) is 2.55. The summed E-state index contributed by atoms with van der Waals surface area (Å²) in [5, 5.41) is 14.1. The van der Waals surface area contributed by atoms with Crippen LogP contribution >= 0.6 is 0 Å². The predicted octanol–water partition coefficient (Wildman–Crippen LogP) is 2.88. The molecule has 0 aliphatic carbocycles. The van der Waals surface area contributed by atoms with Crippen molar-refractivity contribution in [3.8, 4) is 5.75 Å². The first kappa shape index (κ1) is 14.4. The van der Waals surface area contributed by atoms with Gasteiger partial charge in [-0.05, 0) is 24.6 Å². The Labute approximate surface area is 107 Å². The maximum Gasteiger partial charge on any atom is 0.311 e. The minimum absolute atomic E-state index is 0.0431. The van der Waals surface area contributed by atoms with Crippen molar-refractivity contribution < 1.29 is 9.66 Å². The van der Waals surface area contributed by atoms with Crippen molar-refractivity contribution in [2.24, 2.45) is 0 Å². The number of benzene rings is 1. The van der Waals surface area contributed by atoms with Crippen molar-refractivity contribution >= 4 is 5.69 Å². The van der Waals surface area contributed by atoms with Crippen LogP contribution in [0.15, 0.2) is 18.2 Å². The van der Waals surface area contributed by atoms with Crippen LogP contribution in [-0.4, -0.2) is 18.1 Å². The highest BCUT2D eigenvalue weighted by molar-refractivity contribution is 5.48. The Balaban J connectivity index is 2.80. The first-order chi connectivity index (χ1) is 8.69. The standard InChI is InChI=1S/C13H20N2O3/c1-3-5-8-18-13-7-6-11(10-14-4-2)9-12(13)15(16)17/h6-7,9,14H,3-5,8,10H2,1-2H3. The van der Waals surface area contributed by atoms with Crippen LogP contribution in [0, 0.1) is 10.1 Å². The number of unbranched alkanes of at least 4 members (excludes halogenated alkanes) is 1. The first-order valence-electron chi connectivity index (χ1n) is 6.29. The average molecular weight is 252 g/mol. The van der Waals surface area contributed by atoms with E-state index in [1.807, 2.05) is 13.0 Å². The van der Waals surface area contributed by atoms with Crippen LogP contribution in [0.1, 0.15) is 32.3 Å². The second kappa shape index (κ2) is 7.66. The van der Waals surface area contributed by atoms with E-state index in [-0.39, 0.29) is 5.69 Å². The van der Waals surface area contributed by atoms with E-state index >= 15 is 0 Å². The highest BCUT2D eigenvalue weighted by atomic mass is 16.6. The van der Waals surface area contributed by atoms with Gasteiger partial charge in [0.05, 0.1) is 11.5 Å². The predicted molar refractivity (Wildman–Crippen MR) is 70.9 cm³/mol. The molecule has 0 bridgehead atoms. The van der Waals surface area contributed by atoms with Crippen molar-refractivity contribution in [1.82, 2.24) is 5.32 Å². The summed E-state index contributed by atoms with van der Waals surface area (Å²) in [5.41, 5.74) is 0.938. The van der Waals surface area contributed by atoms with Gasteiger partial charge >= 0.3 is 5.69 Å².